The highest BCUT2D eigenvalue weighted by Gasteiger charge is 2.38. The molecule has 5 N–H and O–H groups in total. The van der Waals surface area contributed by atoms with E-state index in [1.807, 2.05) is 31.1 Å². The van der Waals surface area contributed by atoms with Gasteiger partial charge in [-0.3, -0.25) is 4.90 Å². The number of carbonyl (C=O) groups excluding carboxylic acids is 1. The maximum Gasteiger partial charge on any atom is 0.407 e. The van der Waals surface area contributed by atoms with Crippen molar-refractivity contribution in [2.24, 2.45) is 5.92 Å². The number of aliphatic hydroxyl groups excluding tert-OH is 1. The van der Waals surface area contributed by atoms with E-state index in [1.54, 1.807) is 0 Å². The van der Waals surface area contributed by atoms with E-state index in [9.17, 15) is 9.90 Å². The lowest BCUT2D eigenvalue weighted by atomic mass is 10.0. The van der Waals surface area contributed by atoms with E-state index in [-0.39, 0.29) is 12.0 Å². The number of ether oxygens (including phenoxy) is 1. The van der Waals surface area contributed by atoms with Gasteiger partial charge in [0.05, 0.1) is 49.0 Å². The second-order valence-electron chi connectivity index (χ2n) is 11.9. The molecule has 2 aliphatic rings. The first-order chi connectivity index (χ1) is 20.9. The number of imidazole rings is 2. The molecule has 0 bridgehead atoms. The Morgan fingerprint density at radius 1 is 0.907 bits per heavy atom. The van der Waals surface area contributed by atoms with Crippen molar-refractivity contribution in [3.63, 3.8) is 0 Å². The van der Waals surface area contributed by atoms with Crippen LogP contribution in [0.15, 0.2) is 60.9 Å². The third-order valence-electron chi connectivity index (χ3n) is 8.77. The summed E-state index contributed by atoms with van der Waals surface area (Å²) >= 11 is 0. The zero-order valence-electron chi connectivity index (χ0n) is 25.0. The van der Waals surface area contributed by atoms with Gasteiger partial charge in [0.2, 0.25) is 0 Å². The van der Waals surface area contributed by atoms with E-state index in [2.05, 4.69) is 74.1 Å². The summed E-state index contributed by atoms with van der Waals surface area (Å²) in [4.78, 5) is 30.2. The van der Waals surface area contributed by atoms with Crippen molar-refractivity contribution in [1.82, 2.24) is 35.5 Å². The Morgan fingerprint density at radius 2 is 1.49 bits per heavy atom. The maximum absolute atomic E-state index is 11.9. The number of likely N-dealkylation sites (tertiary alicyclic amines) is 1. The summed E-state index contributed by atoms with van der Waals surface area (Å²) in [6.07, 6.45) is 6.50. The molecule has 0 spiro atoms. The first kappa shape index (κ1) is 29.1. The monoisotopic (exact) mass is 583 g/mol. The molecule has 4 heterocycles. The molecule has 0 saturated carbocycles. The summed E-state index contributed by atoms with van der Waals surface area (Å²) in [5.74, 6) is 1.86. The van der Waals surface area contributed by atoms with E-state index in [1.165, 1.54) is 13.5 Å². The van der Waals surface area contributed by atoms with Crippen LogP contribution < -0.4 is 10.6 Å². The van der Waals surface area contributed by atoms with Gasteiger partial charge in [-0.1, -0.05) is 62.4 Å². The molecule has 226 valence electrons. The van der Waals surface area contributed by atoms with Crippen LogP contribution in [0.25, 0.3) is 33.6 Å². The maximum atomic E-state index is 11.9. The van der Waals surface area contributed by atoms with Gasteiger partial charge in [-0.05, 0) is 60.4 Å². The minimum atomic E-state index is -0.856. The van der Waals surface area contributed by atoms with Crippen molar-refractivity contribution < 1.29 is 14.6 Å². The van der Waals surface area contributed by atoms with Gasteiger partial charge < -0.3 is 30.4 Å². The number of H-pyrrole nitrogens is 2. The third-order valence-corrected chi connectivity index (χ3v) is 8.77. The van der Waals surface area contributed by atoms with Crippen LogP contribution in [0, 0.1) is 5.92 Å². The fourth-order valence-corrected chi connectivity index (χ4v) is 6.30. The van der Waals surface area contributed by atoms with Crippen LogP contribution in [0.3, 0.4) is 0 Å². The Balaban J connectivity index is 1.13. The molecule has 2 aliphatic heterocycles. The number of aromatic nitrogens is 4. The van der Waals surface area contributed by atoms with Gasteiger partial charge in [0.1, 0.15) is 17.9 Å². The summed E-state index contributed by atoms with van der Waals surface area (Å²) < 4.78 is 4.78. The summed E-state index contributed by atoms with van der Waals surface area (Å²) in [5, 5.41) is 17.5. The number of nitrogens with one attached hydrogen (secondary N) is 4. The van der Waals surface area contributed by atoms with Crippen molar-refractivity contribution in [3.05, 3.63) is 72.6 Å². The summed E-state index contributed by atoms with van der Waals surface area (Å²) in [6.45, 7) is 5.72. The van der Waals surface area contributed by atoms with Crippen LogP contribution in [0.1, 0.15) is 63.3 Å². The number of carbonyl (C=O) groups is 1. The van der Waals surface area contributed by atoms with Crippen molar-refractivity contribution in [2.75, 3.05) is 20.2 Å². The van der Waals surface area contributed by atoms with Crippen molar-refractivity contribution in [2.45, 2.75) is 63.9 Å². The van der Waals surface area contributed by atoms with Gasteiger partial charge in [0.25, 0.3) is 0 Å². The molecule has 4 atom stereocenters. The number of hydrogen-bond donors (Lipinski definition) is 5. The molecular formula is C33H41N7O3. The second-order valence-corrected chi connectivity index (χ2v) is 11.9. The standard InChI is InChI=1S/C33H41N7O3/c1-20(2)29(39-33(42)43-3)32(41)40-17-5-7-28(40)31-36-19-27(38-31)24-14-10-22(11-15-24)21-8-12-23(13-9-21)26-18-35-30(37-26)25-6-4-16-34-25/h8-15,18-20,25,28-29,32,34,41H,4-7,16-17H2,1-3H3,(H,35,37)(H,36,38)(H,39,42)/t25-,28-,29-,32?/m0/s1. The quantitative estimate of drug-likeness (QED) is 0.178. The first-order valence-electron chi connectivity index (χ1n) is 15.2. The molecule has 0 aliphatic carbocycles. The summed E-state index contributed by atoms with van der Waals surface area (Å²) in [6, 6.07) is 16.8. The van der Waals surface area contributed by atoms with Crippen LogP contribution in [0.5, 0.6) is 0 Å². The highest BCUT2D eigenvalue weighted by molar-refractivity contribution is 5.71. The lowest BCUT2D eigenvalue weighted by Gasteiger charge is -2.35. The van der Waals surface area contributed by atoms with Gasteiger partial charge in [-0.15, -0.1) is 0 Å². The highest BCUT2D eigenvalue weighted by atomic mass is 16.5. The molecule has 2 aromatic heterocycles. The Kier molecular flexibility index (Phi) is 8.60. The van der Waals surface area contributed by atoms with Gasteiger partial charge in [-0.2, -0.15) is 0 Å². The molecule has 0 radical (unpaired) electrons. The number of methoxy groups -OCH3 is 1. The van der Waals surface area contributed by atoms with Crippen LogP contribution in [-0.2, 0) is 4.74 Å². The van der Waals surface area contributed by atoms with Crippen molar-refractivity contribution in [1.29, 1.82) is 0 Å². The SMILES string of the molecule is COC(=O)N[C@@H](C(C)C)C(O)N1CCC[C@H]1c1ncc(-c2ccc(-c3ccc(-c4cnc([C@@H]5CCCN5)[nH]4)cc3)cc2)[nH]1. The van der Waals surface area contributed by atoms with E-state index < -0.39 is 18.4 Å². The number of aromatic amines is 2. The van der Waals surface area contributed by atoms with Gasteiger partial charge in [0.15, 0.2) is 0 Å². The molecule has 1 unspecified atom stereocenters. The van der Waals surface area contributed by atoms with Crippen LogP contribution in [0.2, 0.25) is 0 Å². The fraction of sp³-hybridized carbons (Fsp3) is 0.424. The highest BCUT2D eigenvalue weighted by Crippen LogP contribution is 2.35. The van der Waals surface area contributed by atoms with Crippen LogP contribution in [-0.4, -0.2) is 68.5 Å². The zero-order valence-corrected chi connectivity index (χ0v) is 25.0. The van der Waals surface area contributed by atoms with Crippen molar-refractivity contribution in [3.8, 4) is 33.6 Å². The van der Waals surface area contributed by atoms with E-state index in [0.717, 1.165) is 77.6 Å². The molecule has 10 nitrogen and oxygen atoms in total. The second kappa shape index (κ2) is 12.7. The number of aliphatic hydroxyl groups is 1. The Hall–Kier alpha value is -3.99. The predicted octanol–water partition coefficient (Wildman–Crippen LogP) is 5.39. The molecule has 2 saturated heterocycles. The molecule has 43 heavy (non-hydrogen) atoms. The lowest BCUT2D eigenvalue weighted by molar-refractivity contribution is -0.0440. The lowest BCUT2D eigenvalue weighted by Crippen LogP contribution is -2.54. The number of alkyl carbamates (subject to hydrolysis) is 1. The minimum Gasteiger partial charge on any atom is -0.453 e. The van der Waals surface area contributed by atoms with Crippen LogP contribution in [0.4, 0.5) is 4.79 Å². The topological polar surface area (TPSA) is 131 Å². The Labute approximate surface area is 252 Å². The smallest absolute Gasteiger partial charge is 0.407 e. The molecule has 10 heteroatoms. The average molecular weight is 584 g/mol. The molecule has 1 amide bonds. The number of rotatable bonds is 9. The molecule has 2 aromatic carbocycles. The third kappa shape index (κ3) is 6.22. The van der Waals surface area contributed by atoms with E-state index >= 15 is 0 Å². The van der Waals surface area contributed by atoms with Crippen LogP contribution >= 0.6 is 0 Å². The number of hydrogen-bond acceptors (Lipinski definition) is 7. The molecule has 2 fully saturated rings. The number of nitrogens with zero attached hydrogens (tertiary/aromatic N) is 3. The van der Waals surface area contributed by atoms with E-state index in [4.69, 9.17) is 9.72 Å². The number of benzene rings is 2. The van der Waals surface area contributed by atoms with Crippen molar-refractivity contribution >= 4 is 6.09 Å². The minimum absolute atomic E-state index is 0.0229. The van der Waals surface area contributed by atoms with E-state index in [0.29, 0.717) is 6.04 Å². The van der Waals surface area contributed by atoms with Gasteiger partial charge in [-0.25, -0.2) is 14.8 Å². The Morgan fingerprint density at radius 3 is 2.05 bits per heavy atom. The normalized spacial score (nSPS) is 20.4. The summed E-state index contributed by atoms with van der Waals surface area (Å²) in [7, 11) is 1.33. The summed E-state index contributed by atoms with van der Waals surface area (Å²) in [5.41, 5.74) is 6.41. The molecular weight excluding hydrogens is 542 g/mol. The van der Waals surface area contributed by atoms with Gasteiger partial charge >= 0.3 is 6.09 Å². The zero-order chi connectivity index (χ0) is 29.9. The van der Waals surface area contributed by atoms with Gasteiger partial charge in [0, 0.05) is 6.54 Å². The fourth-order valence-electron chi connectivity index (χ4n) is 6.30. The largest absolute Gasteiger partial charge is 0.453 e. The average Bonchev–Trinajstić information content (AvgIpc) is 3.86. The number of amides is 1. The predicted molar refractivity (Wildman–Crippen MR) is 166 cm³/mol. The molecule has 4 aromatic rings. The Bertz CT molecular complexity index is 1510. The first-order valence-corrected chi connectivity index (χ1v) is 15.2. The molecule has 6 rings (SSSR count).